The summed E-state index contributed by atoms with van der Waals surface area (Å²) in [6, 6.07) is 14.6. The molecule has 0 aliphatic heterocycles. The van der Waals surface area contributed by atoms with E-state index in [4.69, 9.17) is 5.26 Å². The Bertz CT molecular complexity index is 792. The molecule has 114 valence electrons. The highest BCUT2D eigenvalue weighted by molar-refractivity contribution is 5.85. The molecule has 2 aromatic rings. The molecule has 0 atom stereocenters. The van der Waals surface area contributed by atoms with E-state index in [1.54, 1.807) is 24.3 Å². The van der Waals surface area contributed by atoms with E-state index in [0.29, 0.717) is 16.7 Å². The second-order valence-corrected chi connectivity index (χ2v) is 4.59. The number of hydrogen-bond acceptors (Lipinski definition) is 5. The van der Waals surface area contributed by atoms with Gasteiger partial charge in [-0.3, -0.25) is 14.9 Å². The number of carbonyl (C=O) groups is 1. The zero-order valence-corrected chi connectivity index (χ0v) is 12.0. The number of amides is 1. The number of hydrogen-bond donors (Lipinski definition) is 1. The van der Waals surface area contributed by atoms with Crippen molar-refractivity contribution >= 4 is 17.8 Å². The summed E-state index contributed by atoms with van der Waals surface area (Å²) in [5.74, 6) is -0.357. The van der Waals surface area contributed by atoms with Crippen LogP contribution >= 0.6 is 0 Å². The number of nitro groups is 1. The molecule has 0 fully saturated rings. The van der Waals surface area contributed by atoms with Gasteiger partial charge in [-0.15, -0.1) is 0 Å². The summed E-state index contributed by atoms with van der Waals surface area (Å²) in [6.45, 7) is 0. The molecule has 0 saturated heterocycles. The Balaban J connectivity index is 1.93. The van der Waals surface area contributed by atoms with Crippen molar-refractivity contribution in [2.24, 2.45) is 5.10 Å². The monoisotopic (exact) mass is 308 g/mol. The Hall–Kier alpha value is -3.53. The maximum absolute atomic E-state index is 11.8. The van der Waals surface area contributed by atoms with Crippen LogP contribution in [0.15, 0.2) is 53.6 Å². The molecule has 0 radical (unpaired) electrons. The van der Waals surface area contributed by atoms with Crippen molar-refractivity contribution in [3.05, 3.63) is 75.3 Å². The van der Waals surface area contributed by atoms with Gasteiger partial charge in [0.05, 0.1) is 29.2 Å². The summed E-state index contributed by atoms with van der Waals surface area (Å²) in [7, 11) is 0. The molecule has 0 bridgehead atoms. The molecule has 2 aromatic carbocycles. The fourth-order valence-electron chi connectivity index (χ4n) is 1.85. The smallest absolute Gasteiger partial charge is 0.269 e. The molecule has 0 aliphatic carbocycles. The molecule has 1 amide bonds. The first-order chi connectivity index (χ1) is 11.1. The van der Waals surface area contributed by atoms with Gasteiger partial charge in [0.1, 0.15) is 0 Å². The second-order valence-electron chi connectivity index (χ2n) is 4.59. The predicted octanol–water partition coefficient (Wildman–Crippen LogP) is 2.16. The second kappa shape index (κ2) is 7.47. The van der Waals surface area contributed by atoms with Gasteiger partial charge >= 0.3 is 0 Å². The zero-order chi connectivity index (χ0) is 16.7. The average Bonchev–Trinajstić information content (AvgIpc) is 2.55. The number of benzene rings is 2. The first-order valence-corrected chi connectivity index (χ1v) is 6.64. The van der Waals surface area contributed by atoms with Gasteiger partial charge in [-0.1, -0.05) is 30.3 Å². The van der Waals surface area contributed by atoms with Crippen LogP contribution in [0.25, 0.3) is 0 Å². The molecule has 0 spiro atoms. The van der Waals surface area contributed by atoms with Crippen molar-refractivity contribution in [3.8, 4) is 6.07 Å². The third kappa shape index (κ3) is 4.47. The average molecular weight is 308 g/mol. The van der Waals surface area contributed by atoms with Crippen LogP contribution in [0.4, 0.5) is 5.69 Å². The maximum atomic E-state index is 11.8. The van der Waals surface area contributed by atoms with Crippen molar-refractivity contribution in [3.63, 3.8) is 0 Å². The number of nitrogens with zero attached hydrogens (tertiary/aromatic N) is 3. The lowest BCUT2D eigenvalue weighted by molar-refractivity contribution is -0.384. The minimum Gasteiger partial charge on any atom is -0.273 e. The van der Waals surface area contributed by atoms with Crippen molar-refractivity contribution in [1.29, 1.82) is 5.26 Å². The third-order valence-corrected chi connectivity index (χ3v) is 2.99. The van der Waals surface area contributed by atoms with Crippen LogP contribution in [0.3, 0.4) is 0 Å². The number of carbonyl (C=O) groups excluding carboxylic acids is 1. The van der Waals surface area contributed by atoms with Crippen LogP contribution < -0.4 is 5.43 Å². The number of rotatable bonds is 5. The lowest BCUT2D eigenvalue weighted by atomic mass is 10.1. The molecular formula is C16H12N4O3. The normalized spacial score (nSPS) is 10.2. The summed E-state index contributed by atoms with van der Waals surface area (Å²) in [5.41, 5.74) is 4.03. The number of hydrazone groups is 1. The van der Waals surface area contributed by atoms with E-state index in [2.05, 4.69) is 10.5 Å². The quantitative estimate of drug-likeness (QED) is 0.518. The summed E-state index contributed by atoms with van der Waals surface area (Å²) >= 11 is 0. The summed E-state index contributed by atoms with van der Waals surface area (Å²) in [6.07, 6.45) is 1.45. The first kappa shape index (κ1) is 15.9. The molecule has 0 saturated carbocycles. The van der Waals surface area contributed by atoms with Gasteiger partial charge in [0.15, 0.2) is 0 Å². The lowest BCUT2D eigenvalue weighted by Gasteiger charge is -2.01. The van der Waals surface area contributed by atoms with E-state index < -0.39 is 4.92 Å². The summed E-state index contributed by atoms with van der Waals surface area (Å²) < 4.78 is 0. The van der Waals surface area contributed by atoms with E-state index >= 15 is 0 Å². The SMILES string of the molecule is N#Cc1ccccc1C=NNC(=O)Cc1ccc([N+](=O)[O-])cc1. The molecule has 0 unspecified atom stereocenters. The van der Waals surface area contributed by atoms with Crippen LogP contribution in [-0.2, 0) is 11.2 Å². The standard InChI is InChI=1S/C16H12N4O3/c17-10-13-3-1-2-4-14(13)11-18-19-16(21)9-12-5-7-15(8-6-12)20(22)23/h1-8,11H,9H2,(H,19,21). The summed E-state index contributed by atoms with van der Waals surface area (Å²) in [4.78, 5) is 21.8. The van der Waals surface area contributed by atoms with Crippen LogP contribution in [0, 0.1) is 21.4 Å². The van der Waals surface area contributed by atoms with Gasteiger partial charge in [-0.05, 0) is 11.6 Å². The molecule has 7 nitrogen and oxygen atoms in total. The Morgan fingerprint density at radius 2 is 1.96 bits per heavy atom. The van der Waals surface area contributed by atoms with Gasteiger partial charge < -0.3 is 0 Å². The highest BCUT2D eigenvalue weighted by Crippen LogP contribution is 2.12. The van der Waals surface area contributed by atoms with E-state index in [-0.39, 0.29) is 18.0 Å². The van der Waals surface area contributed by atoms with E-state index in [9.17, 15) is 14.9 Å². The van der Waals surface area contributed by atoms with Crippen molar-refractivity contribution in [1.82, 2.24) is 5.43 Å². The molecular weight excluding hydrogens is 296 g/mol. The molecule has 7 heteroatoms. The van der Waals surface area contributed by atoms with Gasteiger partial charge in [0, 0.05) is 17.7 Å². The van der Waals surface area contributed by atoms with Gasteiger partial charge in [0.2, 0.25) is 5.91 Å². The fourth-order valence-corrected chi connectivity index (χ4v) is 1.85. The topological polar surface area (TPSA) is 108 Å². The lowest BCUT2D eigenvalue weighted by Crippen LogP contribution is -2.19. The minimum atomic E-state index is -0.499. The molecule has 0 heterocycles. The maximum Gasteiger partial charge on any atom is 0.269 e. The molecule has 23 heavy (non-hydrogen) atoms. The Morgan fingerprint density at radius 1 is 1.26 bits per heavy atom. The van der Waals surface area contributed by atoms with Gasteiger partial charge in [-0.25, -0.2) is 5.43 Å². The van der Waals surface area contributed by atoms with E-state index in [1.807, 2.05) is 6.07 Å². The fraction of sp³-hybridized carbons (Fsp3) is 0.0625. The predicted molar refractivity (Wildman–Crippen MR) is 83.7 cm³/mol. The van der Waals surface area contributed by atoms with Crippen LogP contribution in [0.1, 0.15) is 16.7 Å². The Morgan fingerprint density at radius 3 is 2.61 bits per heavy atom. The van der Waals surface area contributed by atoms with Crippen LogP contribution in [0.5, 0.6) is 0 Å². The minimum absolute atomic E-state index is 0.0275. The summed E-state index contributed by atoms with van der Waals surface area (Å²) in [5, 5.41) is 23.3. The number of nitrogens with one attached hydrogen (secondary N) is 1. The third-order valence-electron chi connectivity index (χ3n) is 2.99. The van der Waals surface area contributed by atoms with E-state index in [0.717, 1.165) is 0 Å². The number of nitro benzene ring substituents is 1. The Labute approximate surface area is 132 Å². The van der Waals surface area contributed by atoms with Crippen LogP contribution in [-0.4, -0.2) is 17.0 Å². The number of non-ortho nitro benzene ring substituents is 1. The molecule has 1 N–H and O–H groups in total. The van der Waals surface area contributed by atoms with Gasteiger partial charge in [0.25, 0.3) is 5.69 Å². The Kier molecular flexibility index (Phi) is 5.15. The molecule has 0 aromatic heterocycles. The highest BCUT2D eigenvalue weighted by atomic mass is 16.6. The first-order valence-electron chi connectivity index (χ1n) is 6.64. The highest BCUT2D eigenvalue weighted by Gasteiger charge is 2.06. The van der Waals surface area contributed by atoms with Crippen molar-refractivity contribution in [2.75, 3.05) is 0 Å². The van der Waals surface area contributed by atoms with Crippen molar-refractivity contribution in [2.45, 2.75) is 6.42 Å². The molecule has 2 rings (SSSR count). The number of nitriles is 1. The van der Waals surface area contributed by atoms with E-state index in [1.165, 1.54) is 30.5 Å². The van der Waals surface area contributed by atoms with Crippen LogP contribution in [0.2, 0.25) is 0 Å². The molecule has 0 aliphatic rings. The largest absolute Gasteiger partial charge is 0.273 e. The van der Waals surface area contributed by atoms with Gasteiger partial charge in [-0.2, -0.15) is 10.4 Å². The zero-order valence-electron chi connectivity index (χ0n) is 12.0. The van der Waals surface area contributed by atoms with Crippen molar-refractivity contribution < 1.29 is 9.72 Å².